The normalized spacial score (nSPS) is 17.8. The van der Waals surface area contributed by atoms with Crippen LogP contribution < -0.4 is 0 Å². The number of hydrogen-bond donors (Lipinski definition) is 0. The zero-order chi connectivity index (χ0) is 10.7. The van der Waals surface area contributed by atoms with Crippen LogP contribution in [0.2, 0.25) is 0 Å². The third-order valence-corrected chi connectivity index (χ3v) is 2.72. The molecule has 0 atom stereocenters. The van der Waals surface area contributed by atoms with Crippen molar-refractivity contribution in [3.05, 3.63) is 30.1 Å². The van der Waals surface area contributed by atoms with Gasteiger partial charge in [-0.25, -0.2) is 0 Å². The quantitative estimate of drug-likeness (QED) is 0.668. The maximum Gasteiger partial charge on any atom is 0.254 e. The number of carbonyl (C=O) groups is 1. The Balaban J connectivity index is 2.03. The lowest BCUT2D eigenvalue weighted by molar-refractivity contribution is 0.0664. The minimum absolute atomic E-state index is 0.116. The van der Waals surface area contributed by atoms with Gasteiger partial charge in [0.05, 0.1) is 0 Å². The molecule has 0 unspecified atom stereocenters. The van der Waals surface area contributed by atoms with Gasteiger partial charge >= 0.3 is 0 Å². The highest BCUT2D eigenvalue weighted by Crippen LogP contribution is 2.06. The van der Waals surface area contributed by atoms with E-state index in [1.165, 1.54) is 0 Å². The third-order valence-electron chi connectivity index (χ3n) is 2.72. The number of pyridine rings is 1. The van der Waals surface area contributed by atoms with E-state index in [1.54, 1.807) is 24.5 Å². The summed E-state index contributed by atoms with van der Waals surface area (Å²) in [7, 11) is 2.08. The van der Waals surface area contributed by atoms with E-state index in [2.05, 4.69) is 16.9 Å². The summed E-state index contributed by atoms with van der Waals surface area (Å²) < 4.78 is 0. The number of aromatic nitrogens is 1. The molecule has 1 fully saturated rings. The Kier molecular flexibility index (Phi) is 2.97. The first-order chi connectivity index (χ1) is 7.27. The van der Waals surface area contributed by atoms with E-state index in [4.69, 9.17) is 0 Å². The first kappa shape index (κ1) is 10.1. The standard InChI is InChI=1S/C11H15N3O/c1-13-6-8-14(9-7-13)11(15)10-2-4-12-5-3-10/h2-5H,6-9H2,1H3. The Morgan fingerprint density at radius 3 is 2.40 bits per heavy atom. The summed E-state index contributed by atoms with van der Waals surface area (Å²) in [5, 5.41) is 0. The highest BCUT2D eigenvalue weighted by atomic mass is 16.2. The summed E-state index contributed by atoms with van der Waals surface area (Å²) in [4.78, 5) is 20.0. The van der Waals surface area contributed by atoms with Gasteiger partial charge in [0.1, 0.15) is 0 Å². The van der Waals surface area contributed by atoms with Crippen LogP contribution in [0, 0.1) is 0 Å². The van der Waals surface area contributed by atoms with Gasteiger partial charge in [0.2, 0.25) is 0 Å². The molecule has 0 aliphatic carbocycles. The van der Waals surface area contributed by atoms with Gasteiger partial charge in [-0.1, -0.05) is 0 Å². The number of carbonyl (C=O) groups excluding carboxylic acids is 1. The fourth-order valence-corrected chi connectivity index (χ4v) is 1.69. The van der Waals surface area contributed by atoms with E-state index in [0.29, 0.717) is 0 Å². The highest BCUT2D eigenvalue weighted by Gasteiger charge is 2.19. The van der Waals surface area contributed by atoms with Crippen molar-refractivity contribution in [1.82, 2.24) is 14.8 Å². The predicted molar refractivity (Wildman–Crippen MR) is 57.6 cm³/mol. The lowest BCUT2D eigenvalue weighted by Crippen LogP contribution is -2.47. The summed E-state index contributed by atoms with van der Waals surface area (Å²) in [6.45, 7) is 3.54. The maximum atomic E-state index is 12.0. The molecule has 1 aliphatic rings. The molecule has 2 rings (SSSR count). The highest BCUT2D eigenvalue weighted by molar-refractivity contribution is 5.94. The van der Waals surface area contributed by atoms with Gasteiger partial charge in [0, 0.05) is 44.1 Å². The second kappa shape index (κ2) is 4.40. The molecule has 4 nitrogen and oxygen atoms in total. The molecule has 0 radical (unpaired) electrons. The Bertz CT molecular complexity index is 331. The van der Waals surface area contributed by atoms with Crippen molar-refractivity contribution in [2.75, 3.05) is 33.2 Å². The van der Waals surface area contributed by atoms with Crippen LogP contribution in [0.15, 0.2) is 24.5 Å². The van der Waals surface area contributed by atoms with Crippen LogP contribution in [-0.2, 0) is 0 Å². The van der Waals surface area contributed by atoms with E-state index in [9.17, 15) is 4.79 Å². The fraction of sp³-hybridized carbons (Fsp3) is 0.455. The molecule has 1 amide bonds. The van der Waals surface area contributed by atoms with E-state index in [0.717, 1.165) is 31.7 Å². The van der Waals surface area contributed by atoms with E-state index in [1.807, 2.05) is 4.90 Å². The first-order valence-electron chi connectivity index (χ1n) is 5.15. The van der Waals surface area contributed by atoms with Crippen LogP contribution in [0.25, 0.3) is 0 Å². The summed E-state index contributed by atoms with van der Waals surface area (Å²) in [6, 6.07) is 3.53. The molecule has 1 aliphatic heterocycles. The van der Waals surface area contributed by atoms with Crippen LogP contribution in [-0.4, -0.2) is 53.9 Å². The van der Waals surface area contributed by atoms with Crippen molar-refractivity contribution in [3.8, 4) is 0 Å². The van der Waals surface area contributed by atoms with Gasteiger partial charge in [0.15, 0.2) is 0 Å². The van der Waals surface area contributed by atoms with Crippen molar-refractivity contribution in [1.29, 1.82) is 0 Å². The molecule has 0 aromatic carbocycles. The molecule has 1 aromatic rings. The van der Waals surface area contributed by atoms with Crippen LogP contribution >= 0.6 is 0 Å². The summed E-state index contributed by atoms with van der Waals surface area (Å²) in [5.41, 5.74) is 0.731. The largest absolute Gasteiger partial charge is 0.336 e. The summed E-state index contributed by atoms with van der Waals surface area (Å²) in [6.07, 6.45) is 3.31. The molecule has 0 bridgehead atoms. The van der Waals surface area contributed by atoms with Crippen LogP contribution in [0.5, 0.6) is 0 Å². The molecular formula is C11H15N3O. The second-order valence-corrected chi connectivity index (χ2v) is 3.83. The van der Waals surface area contributed by atoms with E-state index in [-0.39, 0.29) is 5.91 Å². The lowest BCUT2D eigenvalue weighted by Gasteiger charge is -2.32. The number of hydrogen-bond acceptors (Lipinski definition) is 3. The number of amides is 1. The number of piperazine rings is 1. The van der Waals surface area contributed by atoms with Gasteiger partial charge < -0.3 is 9.80 Å². The van der Waals surface area contributed by atoms with Gasteiger partial charge in [0.25, 0.3) is 5.91 Å². The molecule has 1 aromatic heterocycles. The monoisotopic (exact) mass is 205 g/mol. The van der Waals surface area contributed by atoms with Crippen molar-refractivity contribution in [2.45, 2.75) is 0 Å². The lowest BCUT2D eigenvalue weighted by atomic mass is 10.2. The minimum atomic E-state index is 0.116. The molecule has 1 saturated heterocycles. The van der Waals surface area contributed by atoms with E-state index < -0.39 is 0 Å². The zero-order valence-electron chi connectivity index (χ0n) is 8.89. The smallest absolute Gasteiger partial charge is 0.254 e. The van der Waals surface area contributed by atoms with Gasteiger partial charge in [-0.05, 0) is 19.2 Å². The zero-order valence-corrected chi connectivity index (χ0v) is 8.89. The fourth-order valence-electron chi connectivity index (χ4n) is 1.69. The Labute approximate surface area is 89.5 Å². The Morgan fingerprint density at radius 2 is 1.80 bits per heavy atom. The SMILES string of the molecule is CN1CCN(C(=O)c2ccncc2)CC1. The Hall–Kier alpha value is -1.42. The molecule has 0 saturated carbocycles. The van der Waals surface area contributed by atoms with Gasteiger partial charge in [-0.3, -0.25) is 9.78 Å². The summed E-state index contributed by atoms with van der Waals surface area (Å²) >= 11 is 0. The van der Waals surface area contributed by atoms with Crippen LogP contribution in [0.1, 0.15) is 10.4 Å². The van der Waals surface area contributed by atoms with Crippen molar-refractivity contribution in [3.63, 3.8) is 0 Å². The van der Waals surface area contributed by atoms with Crippen molar-refractivity contribution < 1.29 is 4.79 Å². The predicted octanol–water partition coefficient (Wildman–Crippen LogP) is 0.469. The van der Waals surface area contributed by atoms with Gasteiger partial charge in [-0.2, -0.15) is 0 Å². The molecule has 80 valence electrons. The van der Waals surface area contributed by atoms with Crippen LogP contribution in [0.3, 0.4) is 0 Å². The van der Waals surface area contributed by atoms with Gasteiger partial charge in [-0.15, -0.1) is 0 Å². The molecular weight excluding hydrogens is 190 g/mol. The number of nitrogens with zero attached hydrogens (tertiary/aromatic N) is 3. The van der Waals surface area contributed by atoms with E-state index >= 15 is 0 Å². The summed E-state index contributed by atoms with van der Waals surface area (Å²) in [5.74, 6) is 0.116. The molecule has 4 heteroatoms. The number of rotatable bonds is 1. The molecule has 15 heavy (non-hydrogen) atoms. The van der Waals surface area contributed by atoms with Crippen molar-refractivity contribution >= 4 is 5.91 Å². The topological polar surface area (TPSA) is 36.4 Å². The van der Waals surface area contributed by atoms with Crippen molar-refractivity contribution in [2.24, 2.45) is 0 Å². The number of likely N-dealkylation sites (N-methyl/N-ethyl adjacent to an activating group) is 1. The minimum Gasteiger partial charge on any atom is -0.336 e. The average molecular weight is 205 g/mol. The average Bonchev–Trinajstić information content (AvgIpc) is 2.30. The van der Waals surface area contributed by atoms with Crippen LogP contribution in [0.4, 0.5) is 0 Å². The Morgan fingerprint density at radius 1 is 1.20 bits per heavy atom. The first-order valence-corrected chi connectivity index (χ1v) is 5.15. The molecule has 2 heterocycles. The maximum absolute atomic E-state index is 12.0. The third kappa shape index (κ3) is 2.33. The molecule has 0 spiro atoms. The molecule has 0 N–H and O–H groups in total. The second-order valence-electron chi connectivity index (χ2n) is 3.83.